The van der Waals surface area contributed by atoms with Crippen molar-refractivity contribution >= 4 is 5.91 Å². The van der Waals surface area contributed by atoms with Crippen molar-refractivity contribution in [1.82, 2.24) is 5.32 Å². The van der Waals surface area contributed by atoms with Crippen LogP contribution in [0.2, 0.25) is 0 Å². The molecule has 0 aromatic heterocycles. The number of aliphatic hydroxyl groups is 11. The molecule has 19 heteroatoms. The molecule has 0 aromatic rings. The van der Waals surface area contributed by atoms with Gasteiger partial charge in [-0.3, -0.25) is 4.79 Å². The molecule has 0 aromatic carbocycles. The van der Waals surface area contributed by atoms with Gasteiger partial charge in [0.05, 0.1) is 38.6 Å². The van der Waals surface area contributed by atoms with E-state index in [9.17, 15) is 61.0 Å². The zero-order valence-corrected chi connectivity index (χ0v) is 47.8. The van der Waals surface area contributed by atoms with Gasteiger partial charge in [0.2, 0.25) is 5.91 Å². The Hall–Kier alpha value is -2.25. The lowest BCUT2D eigenvalue weighted by molar-refractivity contribution is -0.379. The van der Waals surface area contributed by atoms with Gasteiger partial charge in [0.25, 0.3) is 0 Å². The Morgan fingerprint density at radius 2 is 0.810 bits per heavy atom. The van der Waals surface area contributed by atoms with Gasteiger partial charge >= 0.3 is 0 Å². The Morgan fingerprint density at radius 3 is 1.27 bits per heavy atom. The number of rotatable bonds is 44. The van der Waals surface area contributed by atoms with Crippen LogP contribution in [0.1, 0.15) is 194 Å². The van der Waals surface area contributed by atoms with E-state index in [-0.39, 0.29) is 18.9 Å². The fraction of sp³-hybridized carbons (Fsp3) is 0.850. The van der Waals surface area contributed by atoms with Crippen molar-refractivity contribution in [3.63, 3.8) is 0 Å². The molecule has 0 bridgehead atoms. The molecule has 3 fully saturated rings. The Kier molecular flexibility index (Phi) is 39.0. The lowest BCUT2D eigenvalue weighted by Crippen LogP contribution is -2.66. The average molecular weight is 1130 g/mol. The van der Waals surface area contributed by atoms with Crippen molar-refractivity contribution < 1.29 is 89.4 Å². The maximum Gasteiger partial charge on any atom is 0.220 e. The summed E-state index contributed by atoms with van der Waals surface area (Å²) in [4.78, 5) is 13.3. The number of hydrogen-bond donors (Lipinski definition) is 12. The first-order chi connectivity index (χ1) is 38.3. The highest BCUT2D eigenvalue weighted by molar-refractivity contribution is 5.76. The average Bonchev–Trinajstić information content (AvgIpc) is 3.55. The van der Waals surface area contributed by atoms with E-state index in [2.05, 4.69) is 55.6 Å². The summed E-state index contributed by atoms with van der Waals surface area (Å²) in [5.41, 5.74) is 0. The predicted octanol–water partition coefficient (Wildman–Crippen LogP) is 5.48. The largest absolute Gasteiger partial charge is 0.394 e. The highest BCUT2D eigenvalue weighted by Gasteiger charge is 2.53. The molecule has 0 spiro atoms. The van der Waals surface area contributed by atoms with E-state index in [1.54, 1.807) is 6.08 Å². The number of amides is 1. The summed E-state index contributed by atoms with van der Waals surface area (Å²) in [6.45, 7) is 1.67. The lowest BCUT2D eigenvalue weighted by atomic mass is 9.96. The minimum Gasteiger partial charge on any atom is -0.394 e. The van der Waals surface area contributed by atoms with Crippen LogP contribution < -0.4 is 5.32 Å². The van der Waals surface area contributed by atoms with E-state index in [1.165, 1.54) is 96.3 Å². The van der Waals surface area contributed by atoms with Crippen LogP contribution >= 0.6 is 0 Å². The number of carbonyl (C=O) groups is 1. The Balaban J connectivity index is 1.52. The first-order valence-electron chi connectivity index (χ1n) is 30.4. The number of carbonyl (C=O) groups excluding carboxylic acids is 1. The van der Waals surface area contributed by atoms with Crippen LogP contribution in [-0.2, 0) is 33.2 Å². The normalized spacial score (nSPS) is 30.6. The molecule has 0 saturated carbocycles. The minimum absolute atomic E-state index is 0.221. The summed E-state index contributed by atoms with van der Waals surface area (Å²) in [6.07, 6.45) is 20.9. The van der Waals surface area contributed by atoms with Crippen LogP contribution in [0.4, 0.5) is 0 Å². The van der Waals surface area contributed by atoms with Gasteiger partial charge in [-0.1, -0.05) is 165 Å². The maximum atomic E-state index is 13.3. The van der Waals surface area contributed by atoms with E-state index < -0.39 is 124 Å². The predicted molar refractivity (Wildman–Crippen MR) is 300 cm³/mol. The molecule has 19 nitrogen and oxygen atoms in total. The number of ether oxygens (including phenoxy) is 6. The molecule has 17 atom stereocenters. The van der Waals surface area contributed by atoms with Gasteiger partial charge in [0.1, 0.15) is 73.2 Å². The van der Waals surface area contributed by atoms with Gasteiger partial charge in [0.15, 0.2) is 18.9 Å². The molecular weight excluding hydrogens is 1020 g/mol. The standard InChI is InChI=1S/C60H107NO18/c1-3-5-7-9-11-13-15-17-19-20-21-22-23-24-25-27-29-31-33-35-37-44(65)43(61-48(66)38-36-34-32-30-28-26-18-16-14-12-10-8-6-4-2)42-74-58-54(72)51(69)56(46(40-63)76-58)79-60-55(73)52(70)57(47(41-64)77-60)78-59-53(71)50(68)49(67)45(39-62)75-59/h16,18,22-23,27,29,35,37,43-47,49-60,62-65,67-73H,3-15,17,19-21,24-26,28,30-34,36,38-42H2,1-2H3,(H,61,66)/b18-16-,23-22+,29-27+,37-35+. The van der Waals surface area contributed by atoms with Crippen molar-refractivity contribution in [2.24, 2.45) is 0 Å². The highest BCUT2D eigenvalue weighted by atomic mass is 16.8. The van der Waals surface area contributed by atoms with Crippen molar-refractivity contribution in [2.45, 2.75) is 298 Å². The van der Waals surface area contributed by atoms with Gasteiger partial charge in [-0.05, 0) is 70.6 Å². The molecule has 12 N–H and O–H groups in total. The van der Waals surface area contributed by atoms with E-state index >= 15 is 0 Å². The number of hydrogen-bond acceptors (Lipinski definition) is 18. The monoisotopic (exact) mass is 1130 g/mol. The molecule has 3 saturated heterocycles. The zero-order valence-electron chi connectivity index (χ0n) is 47.8. The molecule has 79 heavy (non-hydrogen) atoms. The number of allylic oxidation sites excluding steroid dienone is 7. The van der Waals surface area contributed by atoms with Crippen molar-refractivity contribution in [2.75, 3.05) is 26.4 Å². The molecular formula is C60H107NO18. The van der Waals surface area contributed by atoms with E-state index in [1.807, 2.05) is 6.08 Å². The fourth-order valence-corrected chi connectivity index (χ4v) is 10.0. The molecule has 3 aliphatic heterocycles. The summed E-state index contributed by atoms with van der Waals surface area (Å²) in [6, 6.07) is -1.000. The van der Waals surface area contributed by atoms with Crippen molar-refractivity contribution in [1.29, 1.82) is 0 Å². The Bertz CT molecular complexity index is 1630. The molecule has 0 aliphatic carbocycles. The topological polar surface area (TPSA) is 307 Å². The van der Waals surface area contributed by atoms with Gasteiger partial charge in [0, 0.05) is 6.42 Å². The summed E-state index contributed by atoms with van der Waals surface area (Å²) < 4.78 is 34.2. The van der Waals surface area contributed by atoms with Crippen LogP contribution in [0.15, 0.2) is 48.6 Å². The molecule has 460 valence electrons. The van der Waals surface area contributed by atoms with Crippen LogP contribution in [0, 0.1) is 0 Å². The molecule has 3 rings (SSSR count). The van der Waals surface area contributed by atoms with Crippen molar-refractivity contribution in [3.05, 3.63) is 48.6 Å². The minimum atomic E-state index is -1.98. The maximum absolute atomic E-state index is 13.3. The van der Waals surface area contributed by atoms with Crippen LogP contribution in [0.25, 0.3) is 0 Å². The third-order valence-electron chi connectivity index (χ3n) is 15.1. The molecule has 0 radical (unpaired) electrons. The van der Waals surface area contributed by atoms with Crippen LogP contribution in [0.5, 0.6) is 0 Å². The van der Waals surface area contributed by atoms with Crippen LogP contribution in [-0.4, -0.2) is 193 Å². The van der Waals surface area contributed by atoms with Gasteiger partial charge in [-0.25, -0.2) is 0 Å². The van der Waals surface area contributed by atoms with E-state index in [0.717, 1.165) is 64.2 Å². The Morgan fingerprint density at radius 1 is 0.443 bits per heavy atom. The summed E-state index contributed by atoms with van der Waals surface area (Å²) in [5.74, 6) is -0.300. The summed E-state index contributed by atoms with van der Waals surface area (Å²) >= 11 is 0. The molecule has 17 unspecified atom stereocenters. The first-order valence-corrected chi connectivity index (χ1v) is 30.4. The SMILES string of the molecule is CCCCCCC/C=C\CCCCCCCC(=O)NC(COC1OC(CO)C(OC2OC(CO)C(OC3OC(CO)C(O)C(O)C3O)C(O)C2O)C(O)C1O)C(O)/C=C/CC/C=C/CC/C=C/CCCCCCCCCCCC. The summed E-state index contributed by atoms with van der Waals surface area (Å²) in [7, 11) is 0. The second-order valence-corrected chi connectivity index (χ2v) is 21.8. The third kappa shape index (κ3) is 27.3. The highest BCUT2D eigenvalue weighted by Crippen LogP contribution is 2.33. The van der Waals surface area contributed by atoms with E-state index in [4.69, 9.17) is 28.4 Å². The van der Waals surface area contributed by atoms with E-state index in [0.29, 0.717) is 12.8 Å². The molecule has 1 amide bonds. The summed E-state index contributed by atoms with van der Waals surface area (Å²) in [5, 5.41) is 120. The quantitative estimate of drug-likeness (QED) is 0.0265. The molecule has 3 heterocycles. The second kappa shape index (κ2) is 43.4. The van der Waals surface area contributed by atoms with Crippen LogP contribution in [0.3, 0.4) is 0 Å². The van der Waals surface area contributed by atoms with Crippen molar-refractivity contribution in [3.8, 4) is 0 Å². The number of aliphatic hydroxyl groups excluding tert-OH is 11. The fourth-order valence-electron chi connectivity index (χ4n) is 10.0. The lowest BCUT2D eigenvalue weighted by Gasteiger charge is -2.48. The number of nitrogens with one attached hydrogen (secondary N) is 1. The number of unbranched alkanes of at least 4 members (excludes halogenated alkanes) is 22. The van der Waals surface area contributed by atoms with Gasteiger partial charge < -0.3 is 89.9 Å². The first kappa shape index (κ1) is 71.0. The zero-order chi connectivity index (χ0) is 57.6. The smallest absolute Gasteiger partial charge is 0.220 e. The third-order valence-corrected chi connectivity index (χ3v) is 15.1. The van der Waals surface area contributed by atoms with Gasteiger partial charge in [-0.2, -0.15) is 0 Å². The molecule has 3 aliphatic rings. The Labute approximate surface area is 472 Å². The second-order valence-electron chi connectivity index (χ2n) is 21.8. The van der Waals surface area contributed by atoms with Gasteiger partial charge in [-0.15, -0.1) is 0 Å².